The number of carbonyl (C=O) groups excluding carboxylic acids is 1. The lowest BCUT2D eigenvalue weighted by molar-refractivity contribution is 0.0122. The SMILES string of the molecule is Cc1nnc(N2CCOCC3(CCCN(C(=O)c4ccco4)C3)C2)o1. The minimum absolute atomic E-state index is 0.0616. The fraction of sp³-hybridized carbons (Fsp3) is 0.588. The molecule has 25 heavy (non-hydrogen) atoms. The number of likely N-dealkylation sites (tertiary alicyclic amines) is 1. The van der Waals surface area contributed by atoms with E-state index < -0.39 is 0 Å². The zero-order valence-corrected chi connectivity index (χ0v) is 14.3. The minimum Gasteiger partial charge on any atom is -0.459 e. The molecule has 2 aliphatic rings. The van der Waals surface area contributed by atoms with Crippen LogP contribution in [0.5, 0.6) is 0 Å². The smallest absolute Gasteiger partial charge is 0.318 e. The van der Waals surface area contributed by atoms with Crippen LogP contribution in [0.2, 0.25) is 0 Å². The number of hydrogen-bond acceptors (Lipinski definition) is 7. The van der Waals surface area contributed by atoms with E-state index in [1.54, 1.807) is 19.1 Å². The molecule has 1 atom stereocenters. The van der Waals surface area contributed by atoms with Gasteiger partial charge in [0.1, 0.15) is 0 Å². The summed E-state index contributed by atoms with van der Waals surface area (Å²) in [6.07, 6.45) is 3.46. The molecule has 4 heterocycles. The molecule has 2 fully saturated rings. The average molecular weight is 346 g/mol. The second-order valence-electron chi connectivity index (χ2n) is 6.89. The van der Waals surface area contributed by atoms with Crippen molar-refractivity contribution in [3.8, 4) is 0 Å². The van der Waals surface area contributed by atoms with Crippen LogP contribution in [0, 0.1) is 12.3 Å². The summed E-state index contributed by atoms with van der Waals surface area (Å²) in [4.78, 5) is 16.6. The molecule has 1 amide bonds. The van der Waals surface area contributed by atoms with Crippen LogP contribution in [0.25, 0.3) is 0 Å². The summed E-state index contributed by atoms with van der Waals surface area (Å²) < 4.78 is 16.7. The maximum atomic E-state index is 12.7. The lowest BCUT2D eigenvalue weighted by Gasteiger charge is -2.43. The van der Waals surface area contributed by atoms with E-state index in [1.165, 1.54) is 6.26 Å². The van der Waals surface area contributed by atoms with Crippen molar-refractivity contribution >= 4 is 11.9 Å². The standard InChI is InChI=1S/C17H22N4O4/c1-13-18-19-16(25-13)21-7-9-23-12-17(11-21)5-3-6-20(10-17)15(22)14-4-2-8-24-14/h2,4,8H,3,5-7,9-12H2,1H3. The predicted octanol–water partition coefficient (Wildman–Crippen LogP) is 1.73. The maximum Gasteiger partial charge on any atom is 0.318 e. The summed E-state index contributed by atoms with van der Waals surface area (Å²) in [5.41, 5.74) is -0.140. The summed E-state index contributed by atoms with van der Waals surface area (Å²) in [7, 11) is 0. The molecule has 2 aliphatic heterocycles. The number of anilines is 1. The van der Waals surface area contributed by atoms with E-state index in [1.807, 2.05) is 4.90 Å². The van der Waals surface area contributed by atoms with E-state index in [4.69, 9.17) is 13.6 Å². The first-order valence-electron chi connectivity index (χ1n) is 8.61. The third kappa shape index (κ3) is 3.26. The normalized spacial score (nSPS) is 24.5. The Morgan fingerprint density at radius 2 is 2.20 bits per heavy atom. The molecule has 2 aromatic heterocycles. The summed E-state index contributed by atoms with van der Waals surface area (Å²) >= 11 is 0. The molecule has 134 valence electrons. The molecule has 4 rings (SSSR count). The molecule has 0 N–H and O–H groups in total. The molecule has 8 heteroatoms. The van der Waals surface area contributed by atoms with Crippen LogP contribution in [0.15, 0.2) is 27.2 Å². The van der Waals surface area contributed by atoms with Gasteiger partial charge in [0.05, 0.1) is 19.5 Å². The Bertz CT molecular complexity index is 729. The highest BCUT2D eigenvalue weighted by Gasteiger charge is 2.41. The van der Waals surface area contributed by atoms with Gasteiger partial charge in [-0.1, -0.05) is 5.10 Å². The molecular weight excluding hydrogens is 324 g/mol. The van der Waals surface area contributed by atoms with E-state index >= 15 is 0 Å². The van der Waals surface area contributed by atoms with Crippen molar-refractivity contribution in [1.82, 2.24) is 15.1 Å². The first-order chi connectivity index (χ1) is 12.2. The molecule has 2 aromatic rings. The van der Waals surface area contributed by atoms with Crippen LogP contribution in [-0.2, 0) is 4.74 Å². The molecule has 1 spiro atoms. The highest BCUT2D eigenvalue weighted by Crippen LogP contribution is 2.34. The molecule has 2 saturated heterocycles. The van der Waals surface area contributed by atoms with Gasteiger partial charge in [0, 0.05) is 38.5 Å². The molecular formula is C17H22N4O4. The zero-order valence-electron chi connectivity index (χ0n) is 14.3. The maximum absolute atomic E-state index is 12.7. The lowest BCUT2D eigenvalue weighted by atomic mass is 9.80. The van der Waals surface area contributed by atoms with Crippen molar-refractivity contribution in [2.45, 2.75) is 19.8 Å². The van der Waals surface area contributed by atoms with Crippen LogP contribution in [-0.4, -0.2) is 60.4 Å². The third-order valence-corrected chi connectivity index (χ3v) is 4.91. The van der Waals surface area contributed by atoms with Crippen LogP contribution >= 0.6 is 0 Å². The Morgan fingerprint density at radius 3 is 2.96 bits per heavy atom. The monoisotopic (exact) mass is 346 g/mol. The topological polar surface area (TPSA) is 84.8 Å². The molecule has 0 aromatic carbocycles. The number of aryl methyl sites for hydroxylation is 1. The van der Waals surface area contributed by atoms with E-state index in [0.29, 0.717) is 44.0 Å². The number of ether oxygens (including phenoxy) is 1. The van der Waals surface area contributed by atoms with Crippen molar-refractivity contribution in [2.24, 2.45) is 5.41 Å². The molecule has 0 saturated carbocycles. The van der Waals surface area contributed by atoms with Gasteiger partial charge in [-0.25, -0.2) is 0 Å². The van der Waals surface area contributed by atoms with Gasteiger partial charge < -0.3 is 23.4 Å². The molecule has 0 bridgehead atoms. The minimum atomic E-state index is -0.140. The lowest BCUT2D eigenvalue weighted by Crippen LogP contribution is -2.52. The highest BCUT2D eigenvalue weighted by atomic mass is 16.5. The molecule has 0 radical (unpaired) electrons. The zero-order chi connectivity index (χ0) is 17.3. The number of rotatable bonds is 2. The predicted molar refractivity (Wildman–Crippen MR) is 88.3 cm³/mol. The number of hydrogen-bond donors (Lipinski definition) is 0. The fourth-order valence-corrected chi connectivity index (χ4v) is 3.75. The van der Waals surface area contributed by atoms with Crippen LogP contribution in [0.3, 0.4) is 0 Å². The Labute approximate surface area is 145 Å². The van der Waals surface area contributed by atoms with Crippen molar-refractivity contribution < 1.29 is 18.4 Å². The summed E-state index contributed by atoms with van der Waals surface area (Å²) in [5.74, 6) is 0.872. The number of piperidine rings is 1. The summed E-state index contributed by atoms with van der Waals surface area (Å²) in [6.45, 7) is 5.82. The van der Waals surface area contributed by atoms with Crippen LogP contribution in [0.1, 0.15) is 29.3 Å². The van der Waals surface area contributed by atoms with Gasteiger partial charge in [0.25, 0.3) is 5.91 Å². The van der Waals surface area contributed by atoms with Crippen molar-refractivity contribution in [2.75, 3.05) is 44.3 Å². The van der Waals surface area contributed by atoms with Gasteiger partial charge in [-0.15, -0.1) is 5.10 Å². The molecule has 1 unspecified atom stereocenters. The van der Waals surface area contributed by atoms with Gasteiger partial charge in [0.15, 0.2) is 5.76 Å². The quantitative estimate of drug-likeness (QED) is 0.818. The van der Waals surface area contributed by atoms with E-state index in [9.17, 15) is 4.79 Å². The number of furan rings is 1. The number of carbonyl (C=O) groups is 1. The third-order valence-electron chi connectivity index (χ3n) is 4.91. The summed E-state index contributed by atoms with van der Waals surface area (Å²) in [5, 5.41) is 8.07. The van der Waals surface area contributed by atoms with Gasteiger partial charge >= 0.3 is 6.01 Å². The Hall–Kier alpha value is -2.35. The van der Waals surface area contributed by atoms with E-state index in [0.717, 1.165) is 25.9 Å². The van der Waals surface area contributed by atoms with Crippen molar-refractivity contribution in [3.05, 3.63) is 30.0 Å². The van der Waals surface area contributed by atoms with Crippen LogP contribution < -0.4 is 4.90 Å². The average Bonchev–Trinajstić information content (AvgIpc) is 3.25. The first kappa shape index (κ1) is 16.1. The molecule has 8 nitrogen and oxygen atoms in total. The second-order valence-corrected chi connectivity index (χ2v) is 6.89. The van der Waals surface area contributed by atoms with Crippen molar-refractivity contribution in [3.63, 3.8) is 0 Å². The van der Waals surface area contributed by atoms with Gasteiger partial charge in [-0.3, -0.25) is 4.79 Å². The fourth-order valence-electron chi connectivity index (χ4n) is 3.75. The first-order valence-corrected chi connectivity index (χ1v) is 8.61. The van der Waals surface area contributed by atoms with Gasteiger partial charge in [-0.05, 0) is 25.0 Å². The van der Waals surface area contributed by atoms with Gasteiger partial charge in [-0.2, -0.15) is 0 Å². The second kappa shape index (κ2) is 6.51. The van der Waals surface area contributed by atoms with E-state index in [-0.39, 0.29) is 11.3 Å². The largest absolute Gasteiger partial charge is 0.459 e. The highest BCUT2D eigenvalue weighted by molar-refractivity contribution is 5.91. The van der Waals surface area contributed by atoms with Gasteiger partial charge in [0.2, 0.25) is 5.89 Å². The Balaban J connectivity index is 1.53. The number of aromatic nitrogens is 2. The number of amides is 1. The van der Waals surface area contributed by atoms with E-state index in [2.05, 4.69) is 15.1 Å². The van der Waals surface area contributed by atoms with Crippen molar-refractivity contribution in [1.29, 1.82) is 0 Å². The summed E-state index contributed by atoms with van der Waals surface area (Å²) in [6, 6.07) is 3.97. The van der Waals surface area contributed by atoms with Crippen LogP contribution in [0.4, 0.5) is 6.01 Å². The Kier molecular flexibility index (Phi) is 4.20. The molecule has 0 aliphatic carbocycles. The number of nitrogens with zero attached hydrogens (tertiary/aromatic N) is 4. The Morgan fingerprint density at radius 1 is 1.28 bits per heavy atom.